The van der Waals surface area contributed by atoms with Crippen molar-refractivity contribution in [1.29, 1.82) is 0 Å². The predicted octanol–water partition coefficient (Wildman–Crippen LogP) is 3.54. The van der Waals surface area contributed by atoms with Gasteiger partial charge in [0.25, 0.3) is 0 Å². The summed E-state index contributed by atoms with van der Waals surface area (Å²) in [5, 5.41) is 5.01. The third kappa shape index (κ3) is 4.87. The van der Waals surface area contributed by atoms with E-state index in [1.165, 1.54) is 0 Å². The lowest BCUT2D eigenvalue weighted by Gasteiger charge is -2.23. The minimum atomic E-state index is -0.886. The number of amides is 1. The second kappa shape index (κ2) is 9.15. The first-order valence-electron chi connectivity index (χ1n) is 10.8. The molecule has 3 aromatic heterocycles. The summed E-state index contributed by atoms with van der Waals surface area (Å²) in [5.74, 6) is 2.39. The Balaban J connectivity index is 1.19. The van der Waals surface area contributed by atoms with E-state index < -0.39 is 6.09 Å². The van der Waals surface area contributed by atoms with Gasteiger partial charge in [-0.3, -0.25) is 0 Å². The van der Waals surface area contributed by atoms with E-state index in [0.29, 0.717) is 30.3 Å². The highest BCUT2D eigenvalue weighted by atomic mass is 16.6. The molecule has 9 nitrogen and oxygen atoms in total. The molecule has 1 aliphatic heterocycles. The number of aromatic nitrogens is 4. The molecule has 0 unspecified atom stereocenters. The van der Waals surface area contributed by atoms with Crippen LogP contribution in [0, 0.1) is 5.92 Å². The van der Waals surface area contributed by atoms with Crippen LogP contribution in [0.4, 0.5) is 10.5 Å². The van der Waals surface area contributed by atoms with Crippen molar-refractivity contribution in [3.63, 3.8) is 0 Å². The highest BCUT2D eigenvalue weighted by molar-refractivity contribution is 5.90. The summed E-state index contributed by atoms with van der Waals surface area (Å²) in [5.41, 5.74) is 7.10. The number of rotatable bonds is 7. The van der Waals surface area contributed by atoms with Gasteiger partial charge in [0.05, 0.1) is 6.61 Å². The molecule has 0 bridgehead atoms. The van der Waals surface area contributed by atoms with Gasteiger partial charge in [-0.15, -0.1) is 0 Å². The average Bonchev–Trinajstić information content (AvgIpc) is 3.29. The first-order chi connectivity index (χ1) is 16.1. The van der Waals surface area contributed by atoms with Crippen LogP contribution in [0.3, 0.4) is 0 Å². The summed E-state index contributed by atoms with van der Waals surface area (Å²) in [6.07, 6.45) is 8.35. The van der Waals surface area contributed by atoms with Crippen molar-refractivity contribution in [2.45, 2.75) is 25.9 Å². The molecule has 4 heterocycles. The van der Waals surface area contributed by atoms with Crippen molar-refractivity contribution >= 4 is 22.6 Å². The number of nitrogens with zero attached hydrogens (tertiary/aromatic N) is 4. The molecule has 0 fully saturated rings. The standard InChI is InChI=1S/C24H24N6O3/c25-24(31)33-23-20-2-1-19(13-18(20)4-7-28-23)29-14-16-3-6-27-22(12-16)32-15-17-5-9-30-10-8-26-21(30)11-17/h1-4,6-8,10,12-13,17,29H,5,9,11,14-15H2,(H2,25,31)/t17-/m1/s1. The second-order valence-corrected chi connectivity index (χ2v) is 8.04. The number of imidazole rings is 1. The van der Waals surface area contributed by atoms with Crippen LogP contribution in [-0.2, 0) is 19.5 Å². The molecule has 9 heteroatoms. The number of hydrogen-bond donors (Lipinski definition) is 2. The number of primary amides is 1. The number of aryl methyl sites for hydroxylation is 1. The van der Waals surface area contributed by atoms with Gasteiger partial charge >= 0.3 is 6.09 Å². The Morgan fingerprint density at radius 3 is 2.94 bits per heavy atom. The number of fused-ring (bicyclic) bond motifs is 2. The normalized spacial score (nSPS) is 15.1. The Bertz CT molecular complexity index is 1290. The van der Waals surface area contributed by atoms with Crippen molar-refractivity contribution in [2.75, 3.05) is 11.9 Å². The van der Waals surface area contributed by atoms with Gasteiger partial charge in [-0.25, -0.2) is 19.7 Å². The molecule has 0 spiro atoms. The summed E-state index contributed by atoms with van der Waals surface area (Å²) >= 11 is 0. The molecule has 1 amide bonds. The monoisotopic (exact) mass is 444 g/mol. The van der Waals surface area contributed by atoms with E-state index in [1.54, 1.807) is 12.4 Å². The first kappa shape index (κ1) is 20.7. The van der Waals surface area contributed by atoms with Crippen LogP contribution in [-0.4, -0.2) is 32.2 Å². The molecule has 5 rings (SSSR count). The molecule has 33 heavy (non-hydrogen) atoms. The zero-order valence-corrected chi connectivity index (χ0v) is 18.0. The smallest absolute Gasteiger partial charge is 0.411 e. The van der Waals surface area contributed by atoms with Crippen LogP contribution in [0.15, 0.2) is 61.2 Å². The number of nitrogens with one attached hydrogen (secondary N) is 1. The van der Waals surface area contributed by atoms with Crippen molar-refractivity contribution in [1.82, 2.24) is 19.5 Å². The van der Waals surface area contributed by atoms with E-state index in [9.17, 15) is 4.79 Å². The molecule has 3 N–H and O–H groups in total. The fourth-order valence-corrected chi connectivity index (χ4v) is 4.04. The SMILES string of the molecule is NC(=O)Oc1nccc2cc(NCc3ccnc(OC[C@@H]4CCn5ccnc5C4)c3)ccc12. The van der Waals surface area contributed by atoms with Gasteiger partial charge in [-0.2, -0.15) is 0 Å². The zero-order valence-electron chi connectivity index (χ0n) is 18.0. The number of hydrogen-bond acceptors (Lipinski definition) is 7. The summed E-state index contributed by atoms with van der Waals surface area (Å²) in [7, 11) is 0. The Kier molecular flexibility index (Phi) is 5.75. The largest absolute Gasteiger partial charge is 0.477 e. The average molecular weight is 444 g/mol. The minimum absolute atomic E-state index is 0.199. The molecule has 0 aliphatic carbocycles. The molecule has 168 valence electrons. The maximum atomic E-state index is 11.1. The van der Waals surface area contributed by atoms with Gasteiger partial charge < -0.3 is 25.1 Å². The third-order valence-corrected chi connectivity index (χ3v) is 5.74. The van der Waals surface area contributed by atoms with Gasteiger partial charge in [-0.05, 0) is 47.7 Å². The Labute approximate surface area is 190 Å². The molecular weight excluding hydrogens is 420 g/mol. The van der Waals surface area contributed by atoms with E-state index in [4.69, 9.17) is 15.2 Å². The molecule has 1 aliphatic rings. The van der Waals surface area contributed by atoms with Gasteiger partial charge in [-0.1, -0.05) is 0 Å². The van der Waals surface area contributed by atoms with Crippen LogP contribution in [0.25, 0.3) is 10.8 Å². The molecule has 1 atom stereocenters. The van der Waals surface area contributed by atoms with Crippen LogP contribution < -0.4 is 20.5 Å². The van der Waals surface area contributed by atoms with E-state index >= 15 is 0 Å². The fourth-order valence-electron chi connectivity index (χ4n) is 4.04. The summed E-state index contributed by atoms with van der Waals surface area (Å²) in [4.78, 5) is 23.9. The fraction of sp³-hybridized carbons (Fsp3) is 0.250. The van der Waals surface area contributed by atoms with Gasteiger partial charge in [0, 0.05) is 67.4 Å². The molecular formula is C24H24N6O3. The Morgan fingerprint density at radius 2 is 2.03 bits per heavy atom. The topological polar surface area (TPSA) is 117 Å². The lowest BCUT2D eigenvalue weighted by Crippen LogP contribution is -2.24. The van der Waals surface area contributed by atoms with Crippen LogP contribution in [0.1, 0.15) is 17.8 Å². The number of carbonyl (C=O) groups excluding carboxylic acids is 1. The number of carbonyl (C=O) groups is 1. The second-order valence-electron chi connectivity index (χ2n) is 8.04. The van der Waals surface area contributed by atoms with Gasteiger partial charge in [0.1, 0.15) is 5.82 Å². The van der Waals surface area contributed by atoms with E-state index in [0.717, 1.165) is 41.8 Å². The molecule has 0 radical (unpaired) electrons. The number of anilines is 1. The van der Waals surface area contributed by atoms with Gasteiger partial charge in [0.15, 0.2) is 0 Å². The first-order valence-corrected chi connectivity index (χ1v) is 10.8. The quantitative estimate of drug-likeness (QED) is 0.448. The third-order valence-electron chi connectivity index (χ3n) is 5.74. The highest BCUT2D eigenvalue weighted by Gasteiger charge is 2.20. The van der Waals surface area contributed by atoms with E-state index in [1.807, 2.05) is 48.8 Å². The van der Waals surface area contributed by atoms with Crippen LogP contribution >= 0.6 is 0 Å². The number of benzene rings is 1. The predicted molar refractivity (Wildman–Crippen MR) is 123 cm³/mol. The van der Waals surface area contributed by atoms with Crippen molar-refractivity contribution in [2.24, 2.45) is 11.7 Å². The molecule has 4 aromatic rings. The maximum Gasteiger partial charge on any atom is 0.411 e. The summed E-state index contributed by atoms with van der Waals surface area (Å²) in [6.45, 7) is 2.23. The Hall–Kier alpha value is -4.14. The number of nitrogens with two attached hydrogens (primary N) is 1. The number of pyridine rings is 2. The minimum Gasteiger partial charge on any atom is -0.477 e. The van der Waals surface area contributed by atoms with Crippen LogP contribution in [0.2, 0.25) is 0 Å². The highest BCUT2D eigenvalue weighted by Crippen LogP contribution is 2.26. The lowest BCUT2D eigenvalue weighted by atomic mass is 9.99. The van der Waals surface area contributed by atoms with Crippen molar-refractivity contribution in [3.05, 3.63) is 72.6 Å². The van der Waals surface area contributed by atoms with E-state index in [-0.39, 0.29) is 5.88 Å². The molecule has 0 saturated carbocycles. The summed E-state index contributed by atoms with van der Waals surface area (Å²) < 4.78 is 13.2. The van der Waals surface area contributed by atoms with Crippen LogP contribution in [0.5, 0.6) is 11.8 Å². The zero-order chi connectivity index (χ0) is 22.6. The van der Waals surface area contributed by atoms with E-state index in [2.05, 4.69) is 24.8 Å². The lowest BCUT2D eigenvalue weighted by molar-refractivity contribution is 0.209. The maximum absolute atomic E-state index is 11.1. The van der Waals surface area contributed by atoms with Gasteiger partial charge in [0.2, 0.25) is 11.8 Å². The summed E-state index contributed by atoms with van der Waals surface area (Å²) in [6, 6.07) is 11.5. The van der Waals surface area contributed by atoms with Crippen molar-refractivity contribution in [3.8, 4) is 11.8 Å². The molecule has 1 aromatic carbocycles. The number of ether oxygens (including phenoxy) is 2. The Morgan fingerprint density at radius 1 is 1.12 bits per heavy atom. The molecule has 0 saturated heterocycles. The van der Waals surface area contributed by atoms with Crippen molar-refractivity contribution < 1.29 is 14.3 Å².